The van der Waals surface area contributed by atoms with Crippen LogP contribution in [0.15, 0.2) is 29.3 Å². The van der Waals surface area contributed by atoms with Crippen molar-refractivity contribution in [1.29, 1.82) is 0 Å². The summed E-state index contributed by atoms with van der Waals surface area (Å²) in [5, 5.41) is 6.73. The van der Waals surface area contributed by atoms with Crippen molar-refractivity contribution in [1.82, 2.24) is 15.5 Å². The van der Waals surface area contributed by atoms with E-state index in [1.54, 1.807) is 12.1 Å². The van der Waals surface area contributed by atoms with Crippen molar-refractivity contribution in [3.63, 3.8) is 0 Å². The fourth-order valence-corrected chi connectivity index (χ4v) is 3.62. The first-order valence-corrected chi connectivity index (χ1v) is 10.3. The molecule has 2 N–H and O–H groups in total. The molecule has 2 aliphatic rings. The summed E-state index contributed by atoms with van der Waals surface area (Å²) < 4.78 is 19.5. The average Bonchev–Trinajstić information content (AvgIpc) is 3.48. The van der Waals surface area contributed by atoms with Gasteiger partial charge in [0.25, 0.3) is 0 Å². The predicted molar refractivity (Wildman–Crippen MR) is 123 cm³/mol. The van der Waals surface area contributed by atoms with Gasteiger partial charge in [-0.05, 0) is 50.8 Å². The van der Waals surface area contributed by atoms with Gasteiger partial charge in [-0.25, -0.2) is 4.39 Å². The number of hydrogen-bond donors (Lipinski definition) is 2. The van der Waals surface area contributed by atoms with Gasteiger partial charge in [0, 0.05) is 31.6 Å². The molecule has 1 saturated carbocycles. The Bertz CT molecular complexity index is 618. The highest BCUT2D eigenvalue weighted by Crippen LogP contribution is 2.49. The second-order valence-corrected chi connectivity index (χ2v) is 7.54. The Morgan fingerprint density at radius 2 is 1.93 bits per heavy atom. The van der Waals surface area contributed by atoms with E-state index in [1.807, 2.05) is 12.1 Å². The number of rotatable bonds is 9. The van der Waals surface area contributed by atoms with Crippen LogP contribution in [0.25, 0.3) is 0 Å². The second kappa shape index (κ2) is 11.9. The molecule has 2 fully saturated rings. The SMILES string of the molecule is CCNC(=NCC1(c2ccccc2F)CC1)NCCCCN1CCOCC1.I. The lowest BCUT2D eigenvalue weighted by Gasteiger charge is -2.26. The summed E-state index contributed by atoms with van der Waals surface area (Å²) in [6.45, 7) is 9.39. The van der Waals surface area contributed by atoms with Crippen LogP contribution in [0.4, 0.5) is 4.39 Å². The largest absolute Gasteiger partial charge is 0.379 e. The number of nitrogens with zero attached hydrogens (tertiary/aromatic N) is 2. The molecule has 5 nitrogen and oxygen atoms in total. The first-order chi connectivity index (χ1) is 13.2. The van der Waals surface area contributed by atoms with E-state index < -0.39 is 0 Å². The summed E-state index contributed by atoms with van der Waals surface area (Å²) in [5.74, 6) is 0.734. The lowest BCUT2D eigenvalue weighted by Crippen LogP contribution is -2.39. The Morgan fingerprint density at radius 1 is 1.18 bits per heavy atom. The molecule has 28 heavy (non-hydrogen) atoms. The number of hydrogen-bond acceptors (Lipinski definition) is 3. The highest BCUT2D eigenvalue weighted by Gasteiger charge is 2.45. The monoisotopic (exact) mass is 504 g/mol. The van der Waals surface area contributed by atoms with E-state index in [9.17, 15) is 4.39 Å². The summed E-state index contributed by atoms with van der Waals surface area (Å²) >= 11 is 0. The minimum atomic E-state index is -0.107. The molecule has 1 aromatic carbocycles. The minimum absolute atomic E-state index is 0. The third-order valence-electron chi connectivity index (χ3n) is 5.48. The lowest BCUT2D eigenvalue weighted by molar-refractivity contribution is 0.0372. The number of unbranched alkanes of at least 4 members (excludes halogenated alkanes) is 1. The molecule has 0 unspecified atom stereocenters. The van der Waals surface area contributed by atoms with Gasteiger partial charge in [-0.3, -0.25) is 9.89 Å². The van der Waals surface area contributed by atoms with E-state index in [4.69, 9.17) is 9.73 Å². The Balaban J connectivity index is 0.00000280. The molecule has 3 rings (SSSR count). The van der Waals surface area contributed by atoms with Crippen molar-refractivity contribution in [2.45, 2.75) is 38.0 Å². The second-order valence-electron chi connectivity index (χ2n) is 7.54. The van der Waals surface area contributed by atoms with E-state index in [-0.39, 0.29) is 35.2 Å². The number of nitrogens with one attached hydrogen (secondary N) is 2. The van der Waals surface area contributed by atoms with Gasteiger partial charge in [0.1, 0.15) is 5.82 Å². The summed E-state index contributed by atoms with van der Waals surface area (Å²) in [6, 6.07) is 7.13. The smallest absolute Gasteiger partial charge is 0.191 e. The zero-order valence-corrected chi connectivity index (χ0v) is 19.2. The van der Waals surface area contributed by atoms with Crippen LogP contribution in [0.3, 0.4) is 0 Å². The van der Waals surface area contributed by atoms with Crippen molar-refractivity contribution in [3.8, 4) is 0 Å². The fraction of sp³-hybridized carbons (Fsp3) is 0.667. The zero-order chi connectivity index (χ0) is 19.0. The number of guanidine groups is 1. The van der Waals surface area contributed by atoms with Crippen molar-refractivity contribution in [3.05, 3.63) is 35.6 Å². The molecule has 1 aliphatic heterocycles. The molecule has 0 amide bonds. The molecule has 1 saturated heterocycles. The van der Waals surface area contributed by atoms with Crippen molar-refractivity contribution >= 4 is 29.9 Å². The van der Waals surface area contributed by atoms with Gasteiger partial charge in [0.05, 0.1) is 19.8 Å². The Labute approximate surface area is 185 Å². The van der Waals surface area contributed by atoms with E-state index in [2.05, 4.69) is 22.5 Å². The summed E-state index contributed by atoms with van der Waals surface area (Å²) in [6.07, 6.45) is 4.30. The van der Waals surface area contributed by atoms with Crippen molar-refractivity contribution in [2.75, 3.05) is 52.5 Å². The Morgan fingerprint density at radius 3 is 2.61 bits per heavy atom. The molecule has 0 aromatic heterocycles. The van der Waals surface area contributed by atoms with Gasteiger partial charge in [-0.1, -0.05) is 18.2 Å². The zero-order valence-electron chi connectivity index (χ0n) is 16.9. The average molecular weight is 504 g/mol. The number of halogens is 2. The van der Waals surface area contributed by atoms with Crippen LogP contribution >= 0.6 is 24.0 Å². The van der Waals surface area contributed by atoms with Crippen LogP contribution in [0, 0.1) is 5.82 Å². The Hall–Kier alpha value is -0.930. The molecule has 158 valence electrons. The molecular weight excluding hydrogens is 470 g/mol. The number of aliphatic imine (C=N–C) groups is 1. The van der Waals surface area contributed by atoms with E-state index in [0.717, 1.165) is 76.7 Å². The van der Waals surface area contributed by atoms with Crippen LogP contribution in [0.1, 0.15) is 38.2 Å². The lowest BCUT2D eigenvalue weighted by atomic mass is 9.95. The number of morpholine rings is 1. The van der Waals surface area contributed by atoms with Gasteiger partial charge >= 0.3 is 0 Å². The van der Waals surface area contributed by atoms with E-state index >= 15 is 0 Å². The van der Waals surface area contributed by atoms with Crippen molar-refractivity contribution < 1.29 is 9.13 Å². The number of benzene rings is 1. The summed E-state index contributed by atoms with van der Waals surface area (Å²) in [4.78, 5) is 7.22. The summed E-state index contributed by atoms with van der Waals surface area (Å²) in [5.41, 5.74) is 0.708. The standard InChI is InChI=1S/C21H33FN4O.HI/c1-2-23-20(24-11-5-6-12-26-13-15-27-16-14-26)25-17-21(9-10-21)18-7-3-4-8-19(18)22;/h3-4,7-8H,2,5-6,9-17H2,1H3,(H2,23,24,25);1H. The van der Waals surface area contributed by atoms with Crippen LogP contribution in [0.2, 0.25) is 0 Å². The third kappa shape index (κ3) is 6.84. The maximum atomic E-state index is 14.1. The Kier molecular flexibility index (Phi) is 9.94. The molecule has 1 aromatic rings. The molecule has 7 heteroatoms. The molecule has 0 bridgehead atoms. The van der Waals surface area contributed by atoms with Gasteiger partial charge in [-0.15, -0.1) is 24.0 Å². The predicted octanol–water partition coefficient (Wildman–Crippen LogP) is 3.14. The first-order valence-electron chi connectivity index (χ1n) is 10.3. The van der Waals surface area contributed by atoms with Gasteiger partial charge in [0.15, 0.2) is 5.96 Å². The quantitative estimate of drug-likeness (QED) is 0.235. The molecule has 1 heterocycles. The molecular formula is C21H34FIN4O. The van der Waals surface area contributed by atoms with Gasteiger partial charge in [-0.2, -0.15) is 0 Å². The molecule has 0 atom stereocenters. The van der Waals surface area contributed by atoms with Gasteiger partial charge < -0.3 is 15.4 Å². The molecule has 0 radical (unpaired) electrons. The highest BCUT2D eigenvalue weighted by molar-refractivity contribution is 14.0. The maximum absolute atomic E-state index is 14.1. The van der Waals surface area contributed by atoms with Crippen LogP contribution in [-0.2, 0) is 10.2 Å². The normalized spacial score (nSPS) is 19.0. The van der Waals surface area contributed by atoms with Crippen LogP contribution in [-0.4, -0.2) is 63.3 Å². The molecule has 1 aliphatic carbocycles. The van der Waals surface area contributed by atoms with Crippen molar-refractivity contribution in [2.24, 2.45) is 4.99 Å². The number of ether oxygens (including phenoxy) is 1. The maximum Gasteiger partial charge on any atom is 0.191 e. The topological polar surface area (TPSA) is 48.9 Å². The fourth-order valence-electron chi connectivity index (χ4n) is 3.62. The van der Waals surface area contributed by atoms with E-state index in [1.165, 1.54) is 6.42 Å². The van der Waals surface area contributed by atoms with Gasteiger partial charge in [0.2, 0.25) is 0 Å². The highest BCUT2D eigenvalue weighted by atomic mass is 127. The first kappa shape index (κ1) is 23.3. The molecule has 0 spiro atoms. The third-order valence-corrected chi connectivity index (χ3v) is 5.48. The van der Waals surface area contributed by atoms with Crippen LogP contribution < -0.4 is 10.6 Å². The van der Waals surface area contributed by atoms with Crippen LogP contribution in [0.5, 0.6) is 0 Å². The van der Waals surface area contributed by atoms with E-state index in [0.29, 0.717) is 6.54 Å². The minimum Gasteiger partial charge on any atom is -0.379 e. The summed E-state index contributed by atoms with van der Waals surface area (Å²) in [7, 11) is 0.